The van der Waals surface area contributed by atoms with Gasteiger partial charge in [0.25, 0.3) is 5.91 Å². The van der Waals surface area contributed by atoms with Gasteiger partial charge in [0.05, 0.1) is 6.72 Å². The van der Waals surface area contributed by atoms with E-state index in [1.807, 2.05) is 0 Å². The van der Waals surface area contributed by atoms with E-state index in [9.17, 15) is 23.9 Å². The Kier molecular flexibility index (Phi) is 8.54. The molecule has 1 aromatic carbocycles. The first-order valence-corrected chi connectivity index (χ1v) is 9.30. The molecule has 0 spiro atoms. The standard InChI is InChI=1S/C20H19FN6O5.K/c1-10-25-26-17(32-10)16(30)24-20(2,3)19-23-13(14(28)18(31)27(19)4)15(29)22-9-11-5-7-12(21)8-6-11;/h5-8H,4,9H2,1-3H3,(H2-,22,24,28,29,30);/q;+1. The minimum atomic E-state index is -1.36. The Morgan fingerprint density at radius 1 is 1.21 bits per heavy atom. The van der Waals surface area contributed by atoms with Crippen LogP contribution in [0.15, 0.2) is 45.1 Å². The molecule has 0 atom stereocenters. The SMILES string of the molecule is C=[N+]1C(=O)C([O-])=C(C(=O)NCc2ccc(F)cc2)N=C1C(C)(C)NC(=O)c1nnc(C)o1.[K+]. The first-order valence-electron chi connectivity index (χ1n) is 9.30. The van der Waals surface area contributed by atoms with Crippen molar-refractivity contribution in [2.24, 2.45) is 4.99 Å². The molecule has 3 rings (SSSR count). The maximum Gasteiger partial charge on any atom is 1.00 e. The normalized spacial score (nSPS) is 13.9. The van der Waals surface area contributed by atoms with Gasteiger partial charge in [-0.2, -0.15) is 4.58 Å². The van der Waals surface area contributed by atoms with Gasteiger partial charge in [0, 0.05) is 19.2 Å². The van der Waals surface area contributed by atoms with E-state index >= 15 is 0 Å². The van der Waals surface area contributed by atoms with Crippen molar-refractivity contribution in [2.45, 2.75) is 32.9 Å². The van der Waals surface area contributed by atoms with Crippen LogP contribution < -0.4 is 67.1 Å². The Balaban J connectivity index is 0.00000385. The van der Waals surface area contributed by atoms with Crippen LogP contribution in [0.5, 0.6) is 0 Å². The molecule has 33 heavy (non-hydrogen) atoms. The summed E-state index contributed by atoms with van der Waals surface area (Å²) in [6, 6.07) is 5.35. The number of rotatable bonds is 6. The zero-order chi connectivity index (χ0) is 23.6. The maximum atomic E-state index is 13.0. The predicted octanol–water partition coefficient (Wildman–Crippen LogP) is -3.43. The van der Waals surface area contributed by atoms with Crippen LogP contribution in [0.1, 0.15) is 36.0 Å². The Hall–Kier alpha value is -2.58. The fourth-order valence-electron chi connectivity index (χ4n) is 2.82. The van der Waals surface area contributed by atoms with Crippen LogP contribution in [0.3, 0.4) is 0 Å². The molecule has 2 N–H and O–H groups in total. The summed E-state index contributed by atoms with van der Waals surface area (Å²) in [5.41, 5.74) is -1.46. The van der Waals surface area contributed by atoms with Crippen LogP contribution in [-0.2, 0) is 16.1 Å². The third kappa shape index (κ3) is 6.06. The van der Waals surface area contributed by atoms with Crippen molar-refractivity contribution in [2.75, 3.05) is 0 Å². The first-order chi connectivity index (χ1) is 15.0. The quantitative estimate of drug-likeness (QED) is 0.322. The average molecular weight is 482 g/mol. The molecule has 0 saturated carbocycles. The molecule has 1 aliphatic rings. The van der Waals surface area contributed by atoms with Crippen molar-refractivity contribution in [3.8, 4) is 0 Å². The fourth-order valence-corrected chi connectivity index (χ4v) is 2.82. The molecule has 1 aromatic heterocycles. The third-order valence-corrected chi connectivity index (χ3v) is 4.41. The summed E-state index contributed by atoms with van der Waals surface area (Å²) in [4.78, 5) is 41.4. The van der Waals surface area contributed by atoms with E-state index in [0.29, 0.717) is 10.1 Å². The molecule has 0 aliphatic carbocycles. The Labute approximate surface area is 230 Å². The minimum absolute atomic E-state index is 0. The molecule has 2 heterocycles. The van der Waals surface area contributed by atoms with Crippen LogP contribution in [-0.4, -0.2) is 50.6 Å². The van der Waals surface area contributed by atoms with E-state index in [1.54, 1.807) is 0 Å². The molecule has 1 aliphatic heterocycles. The van der Waals surface area contributed by atoms with E-state index in [0.717, 1.165) is 0 Å². The first kappa shape index (κ1) is 26.7. The molecule has 13 heteroatoms. The van der Waals surface area contributed by atoms with Gasteiger partial charge in [0.2, 0.25) is 11.6 Å². The zero-order valence-electron chi connectivity index (χ0n) is 18.4. The van der Waals surface area contributed by atoms with Crippen LogP contribution in [0.2, 0.25) is 0 Å². The number of aromatic nitrogens is 2. The second-order valence-electron chi connectivity index (χ2n) is 7.36. The summed E-state index contributed by atoms with van der Waals surface area (Å²) >= 11 is 0. The summed E-state index contributed by atoms with van der Waals surface area (Å²) in [5.74, 6) is -4.65. The van der Waals surface area contributed by atoms with Crippen molar-refractivity contribution in [3.63, 3.8) is 0 Å². The van der Waals surface area contributed by atoms with Gasteiger partial charge in [0.15, 0.2) is 0 Å². The number of hydrogen-bond donors (Lipinski definition) is 2. The molecule has 166 valence electrons. The van der Waals surface area contributed by atoms with Crippen molar-refractivity contribution in [3.05, 3.63) is 58.9 Å². The van der Waals surface area contributed by atoms with Crippen molar-refractivity contribution < 1.29 is 84.3 Å². The topological polar surface area (TPSA) is 153 Å². The number of halogens is 1. The average Bonchev–Trinajstić information content (AvgIpc) is 3.17. The van der Waals surface area contributed by atoms with Crippen LogP contribution in [0.25, 0.3) is 0 Å². The molecule has 0 unspecified atom stereocenters. The van der Waals surface area contributed by atoms with Crippen LogP contribution in [0, 0.1) is 12.7 Å². The van der Waals surface area contributed by atoms with Crippen LogP contribution in [0.4, 0.5) is 4.39 Å². The van der Waals surface area contributed by atoms with Gasteiger partial charge >= 0.3 is 74.9 Å². The number of amides is 3. The molecule has 11 nitrogen and oxygen atoms in total. The number of carbonyl (C=O) groups excluding carboxylic acids is 3. The number of hydrogen-bond acceptors (Lipinski definition) is 8. The van der Waals surface area contributed by atoms with Gasteiger partial charge in [-0.05, 0) is 36.5 Å². The molecule has 0 radical (unpaired) electrons. The second-order valence-corrected chi connectivity index (χ2v) is 7.36. The summed E-state index contributed by atoms with van der Waals surface area (Å²) in [6.45, 7) is 7.96. The number of nitrogens with one attached hydrogen (secondary N) is 2. The van der Waals surface area contributed by atoms with Gasteiger partial charge in [-0.3, -0.25) is 9.59 Å². The molecule has 0 fully saturated rings. The van der Waals surface area contributed by atoms with Crippen molar-refractivity contribution in [1.82, 2.24) is 20.8 Å². The predicted molar refractivity (Wildman–Crippen MR) is 106 cm³/mol. The Bertz CT molecular complexity index is 1190. The van der Waals surface area contributed by atoms with E-state index < -0.39 is 40.5 Å². The number of aryl methyl sites for hydroxylation is 1. The summed E-state index contributed by atoms with van der Waals surface area (Å²) in [5, 5.41) is 24.5. The van der Waals surface area contributed by atoms with E-state index in [-0.39, 0.29) is 75.5 Å². The van der Waals surface area contributed by atoms with Gasteiger partial charge in [-0.1, -0.05) is 12.1 Å². The smallest absolute Gasteiger partial charge is 0.864 e. The third-order valence-electron chi connectivity index (χ3n) is 4.41. The van der Waals surface area contributed by atoms with E-state index in [2.05, 4.69) is 32.5 Å². The Morgan fingerprint density at radius 3 is 2.42 bits per heavy atom. The second kappa shape index (κ2) is 10.6. The maximum absolute atomic E-state index is 13.0. The number of benzene rings is 1. The summed E-state index contributed by atoms with van der Waals surface area (Å²) in [7, 11) is 0. The fraction of sp³-hybridized carbons (Fsp3) is 0.250. The zero-order valence-corrected chi connectivity index (χ0v) is 21.6. The summed E-state index contributed by atoms with van der Waals surface area (Å²) in [6.07, 6.45) is 0. The largest absolute Gasteiger partial charge is 1.00 e. The van der Waals surface area contributed by atoms with Gasteiger partial charge in [0.1, 0.15) is 11.4 Å². The van der Waals surface area contributed by atoms with Gasteiger partial charge in [-0.25, -0.2) is 9.18 Å². The minimum Gasteiger partial charge on any atom is -0.864 e. The molecule has 0 saturated heterocycles. The van der Waals surface area contributed by atoms with E-state index in [1.165, 1.54) is 45.0 Å². The van der Waals surface area contributed by atoms with Gasteiger partial charge < -0.3 is 20.2 Å². The molecule has 3 amide bonds. The monoisotopic (exact) mass is 481 g/mol. The molecular weight excluding hydrogens is 462 g/mol. The number of amidine groups is 1. The van der Waals surface area contributed by atoms with Crippen molar-refractivity contribution >= 4 is 30.3 Å². The Morgan fingerprint density at radius 2 is 1.85 bits per heavy atom. The molecule has 0 bridgehead atoms. The molecule has 2 aromatic rings. The number of carbonyl (C=O) groups is 3. The van der Waals surface area contributed by atoms with E-state index in [4.69, 9.17) is 4.42 Å². The van der Waals surface area contributed by atoms with Crippen LogP contribution >= 0.6 is 0 Å². The van der Waals surface area contributed by atoms with Gasteiger partial charge in [-0.15, -0.1) is 10.2 Å². The molecular formula is C20H19FKN6O5+. The van der Waals surface area contributed by atoms with Crippen molar-refractivity contribution in [1.29, 1.82) is 0 Å². The number of nitrogens with zero attached hydrogens (tertiary/aromatic N) is 4. The number of aliphatic imine (C=N–C) groups is 1. The summed E-state index contributed by atoms with van der Waals surface area (Å²) < 4.78 is 18.8.